The highest BCUT2D eigenvalue weighted by Crippen LogP contribution is 2.08. The Labute approximate surface area is 122 Å². The largest absolute Gasteiger partial charge is 0.478 e. The minimum Gasteiger partial charge on any atom is -0.478 e. The van der Waals surface area contributed by atoms with Gasteiger partial charge in [-0.1, -0.05) is 6.07 Å². The van der Waals surface area contributed by atoms with Gasteiger partial charge in [0.05, 0.1) is 18.7 Å². The van der Waals surface area contributed by atoms with Crippen molar-refractivity contribution < 1.29 is 24.2 Å². The van der Waals surface area contributed by atoms with Gasteiger partial charge in [0.25, 0.3) is 5.91 Å². The summed E-state index contributed by atoms with van der Waals surface area (Å²) in [5.41, 5.74) is 0.251. The number of nitrogens with one attached hydrogen (secondary N) is 1. The molecular weight excluding hydrogens is 276 g/mol. The number of carboxylic acids is 1. The van der Waals surface area contributed by atoms with E-state index in [0.717, 1.165) is 0 Å². The van der Waals surface area contributed by atoms with E-state index in [1.165, 1.54) is 43.3 Å². The lowest BCUT2D eigenvalue weighted by atomic mass is 10.1. The quantitative estimate of drug-likeness (QED) is 0.701. The van der Waals surface area contributed by atoms with E-state index in [2.05, 4.69) is 5.32 Å². The molecule has 1 aromatic rings. The standard InChI is InChI=1S/C14H18N2O5/c1-16(9-12(17)15-6-7-21-2)13(18)10-4-3-5-11(8-10)14(19)20/h3-5,8H,6-7,9H2,1-2H3,(H,15,17)(H,19,20). The van der Waals surface area contributed by atoms with Gasteiger partial charge in [0.1, 0.15) is 0 Å². The molecule has 0 aliphatic heterocycles. The number of aromatic carboxylic acids is 1. The number of carboxylic acid groups (broad SMARTS) is 1. The Hall–Kier alpha value is -2.41. The molecule has 2 N–H and O–H groups in total. The van der Waals surface area contributed by atoms with E-state index in [-0.39, 0.29) is 23.6 Å². The molecule has 21 heavy (non-hydrogen) atoms. The van der Waals surface area contributed by atoms with Gasteiger partial charge < -0.3 is 20.1 Å². The monoisotopic (exact) mass is 294 g/mol. The number of likely N-dealkylation sites (N-methyl/N-ethyl adjacent to an activating group) is 1. The van der Waals surface area contributed by atoms with Gasteiger partial charge >= 0.3 is 5.97 Å². The number of benzene rings is 1. The minimum atomic E-state index is -1.11. The number of methoxy groups -OCH3 is 1. The van der Waals surface area contributed by atoms with Crippen molar-refractivity contribution in [2.45, 2.75) is 0 Å². The maximum absolute atomic E-state index is 12.1. The highest BCUT2D eigenvalue weighted by atomic mass is 16.5. The van der Waals surface area contributed by atoms with Crippen LogP contribution in [0.1, 0.15) is 20.7 Å². The smallest absolute Gasteiger partial charge is 0.335 e. The second-order valence-electron chi connectivity index (χ2n) is 4.39. The first-order valence-electron chi connectivity index (χ1n) is 6.30. The molecule has 0 saturated carbocycles. The molecule has 114 valence electrons. The van der Waals surface area contributed by atoms with Crippen molar-refractivity contribution in [2.24, 2.45) is 0 Å². The van der Waals surface area contributed by atoms with Gasteiger partial charge in [-0.05, 0) is 18.2 Å². The molecule has 0 bridgehead atoms. The van der Waals surface area contributed by atoms with Crippen LogP contribution in [-0.4, -0.2) is 61.6 Å². The third kappa shape index (κ3) is 5.23. The SMILES string of the molecule is COCCNC(=O)CN(C)C(=O)c1cccc(C(=O)O)c1. The summed E-state index contributed by atoms with van der Waals surface area (Å²) in [7, 11) is 3.00. The van der Waals surface area contributed by atoms with Crippen LogP contribution in [0.15, 0.2) is 24.3 Å². The van der Waals surface area contributed by atoms with Crippen molar-refractivity contribution in [3.05, 3.63) is 35.4 Å². The van der Waals surface area contributed by atoms with Gasteiger partial charge in [-0.3, -0.25) is 9.59 Å². The number of hydrogen-bond donors (Lipinski definition) is 2. The zero-order chi connectivity index (χ0) is 15.8. The van der Waals surface area contributed by atoms with Crippen LogP contribution >= 0.6 is 0 Å². The summed E-state index contributed by atoms with van der Waals surface area (Å²) in [6.07, 6.45) is 0. The molecule has 0 radical (unpaired) electrons. The average molecular weight is 294 g/mol. The summed E-state index contributed by atoms with van der Waals surface area (Å²) in [6.45, 7) is 0.649. The van der Waals surface area contributed by atoms with Crippen LogP contribution in [0.5, 0.6) is 0 Å². The normalized spacial score (nSPS) is 10.0. The summed E-state index contributed by atoms with van der Waals surface area (Å²) in [5.74, 6) is -1.83. The molecule has 1 aromatic carbocycles. The van der Waals surface area contributed by atoms with Crippen molar-refractivity contribution in [1.29, 1.82) is 0 Å². The van der Waals surface area contributed by atoms with Crippen LogP contribution in [0.4, 0.5) is 0 Å². The van der Waals surface area contributed by atoms with E-state index in [0.29, 0.717) is 13.2 Å². The molecule has 0 fully saturated rings. The number of nitrogens with zero attached hydrogens (tertiary/aromatic N) is 1. The lowest BCUT2D eigenvalue weighted by molar-refractivity contribution is -0.121. The number of carbonyl (C=O) groups excluding carboxylic acids is 2. The molecule has 0 saturated heterocycles. The summed E-state index contributed by atoms with van der Waals surface area (Å²) < 4.78 is 4.80. The average Bonchev–Trinajstić information content (AvgIpc) is 2.46. The summed E-state index contributed by atoms with van der Waals surface area (Å²) in [5, 5.41) is 11.5. The van der Waals surface area contributed by atoms with Crippen molar-refractivity contribution in [3.63, 3.8) is 0 Å². The van der Waals surface area contributed by atoms with Crippen LogP contribution in [0.25, 0.3) is 0 Å². The molecule has 0 atom stereocenters. The van der Waals surface area contributed by atoms with Gasteiger partial charge in [0.15, 0.2) is 0 Å². The first-order valence-corrected chi connectivity index (χ1v) is 6.30. The van der Waals surface area contributed by atoms with Gasteiger partial charge in [-0.2, -0.15) is 0 Å². The Morgan fingerprint density at radius 3 is 2.57 bits per heavy atom. The van der Waals surface area contributed by atoms with E-state index in [1.54, 1.807) is 0 Å². The Balaban J connectivity index is 2.63. The van der Waals surface area contributed by atoms with E-state index in [1.807, 2.05) is 0 Å². The number of ether oxygens (including phenoxy) is 1. The molecule has 0 aliphatic rings. The van der Waals surface area contributed by atoms with Crippen LogP contribution in [0.3, 0.4) is 0 Å². The summed E-state index contributed by atoms with van der Waals surface area (Å²) in [4.78, 5) is 35.8. The van der Waals surface area contributed by atoms with Crippen LogP contribution in [-0.2, 0) is 9.53 Å². The lowest BCUT2D eigenvalue weighted by Gasteiger charge is -2.17. The number of rotatable bonds is 7. The Kier molecular flexibility index (Phi) is 6.35. The third-order valence-corrected chi connectivity index (χ3v) is 2.71. The second-order valence-corrected chi connectivity index (χ2v) is 4.39. The molecule has 0 aromatic heterocycles. The predicted molar refractivity (Wildman–Crippen MR) is 75.2 cm³/mol. The molecule has 0 spiro atoms. The second kappa shape index (κ2) is 8.01. The fourth-order valence-electron chi connectivity index (χ4n) is 1.64. The van der Waals surface area contributed by atoms with Crippen LogP contribution < -0.4 is 5.32 Å². The fourth-order valence-corrected chi connectivity index (χ4v) is 1.64. The van der Waals surface area contributed by atoms with Crippen molar-refractivity contribution in [2.75, 3.05) is 33.9 Å². The van der Waals surface area contributed by atoms with E-state index in [4.69, 9.17) is 9.84 Å². The van der Waals surface area contributed by atoms with Gasteiger partial charge in [-0.25, -0.2) is 4.79 Å². The van der Waals surface area contributed by atoms with Crippen molar-refractivity contribution in [3.8, 4) is 0 Å². The maximum Gasteiger partial charge on any atom is 0.335 e. The molecule has 0 unspecified atom stereocenters. The molecular formula is C14H18N2O5. The number of hydrogen-bond acceptors (Lipinski definition) is 4. The molecule has 7 heteroatoms. The maximum atomic E-state index is 12.1. The summed E-state index contributed by atoms with van der Waals surface area (Å²) >= 11 is 0. The van der Waals surface area contributed by atoms with Crippen molar-refractivity contribution in [1.82, 2.24) is 10.2 Å². The molecule has 2 amide bonds. The fraction of sp³-hybridized carbons (Fsp3) is 0.357. The van der Waals surface area contributed by atoms with Gasteiger partial charge in [0.2, 0.25) is 5.91 Å². The molecule has 1 rings (SSSR count). The Morgan fingerprint density at radius 2 is 1.95 bits per heavy atom. The highest BCUT2D eigenvalue weighted by molar-refractivity contribution is 5.98. The minimum absolute atomic E-state index is 0.0267. The topological polar surface area (TPSA) is 95.9 Å². The van der Waals surface area contributed by atoms with E-state index in [9.17, 15) is 14.4 Å². The molecule has 0 heterocycles. The number of carbonyl (C=O) groups is 3. The van der Waals surface area contributed by atoms with Crippen LogP contribution in [0, 0.1) is 0 Å². The third-order valence-electron chi connectivity index (χ3n) is 2.71. The highest BCUT2D eigenvalue weighted by Gasteiger charge is 2.16. The first-order chi connectivity index (χ1) is 9.95. The van der Waals surface area contributed by atoms with Crippen molar-refractivity contribution >= 4 is 17.8 Å². The number of amides is 2. The Bertz CT molecular complexity index is 530. The van der Waals surface area contributed by atoms with Gasteiger partial charge in [0, 0.05) is 26.3 Å². The molecule has 0 aliphatic carbocycles. The zero-order valence-electron chi connectivity index (χ0n) is 12.0. The Morgan fingerprint density at radius 1 is 1.29 bits per heavy atom. The van der Waals surface area contributed by atoms with Crippen LogP contribution in [0.2, 0.25) is 0 Å². The predicted octanol–water partition coefficient (Wildman–Crippen LogP) is 0.219. The van der Waals surface area contributed by atoms with Gasteiger partial charge in [-0.15, -0.1) is 0 Å². The van der Waals surface area contributed by atoms with E-state index < -0.39 is 11.9 Å². The van der Waals surface area contributed by atoms with E-state index >= 15 is 0 Å². The zero-order valence-corrected chi connectivity index (χ0v) is 12.0. The first kappa shape index (κ1) is 16.6. The summed E-state index contributed by atoms with van der Waals surface area (Å²) in [6, 6.07) is 5.68. The molecule has 7 nitrogen and oxygen atoms in total. The lowest BCUT2D eigenvalue weighted by Crippen LogP contribution is -2.39.